The Morgan fingerprint density at radius 2 is 1.93 bits per heavy atom. The summed E-state index contributed by atoms with van der Waals surface area (Å²) >= 11 is 0. The molecule has 1 fully saturated rings. The lowest BCUT2D eigenvalue weighted by Gasteiger charge is -2.29. The van der Waals surface area contributed by atoms with Crippen molar-refractivity contribution in [3.8, 4) is 0 Å². The van der Waals surface area contributed by atoms with E-state index in [-0.39, 0.29) is 17.6 Å². The number of hydrogen-bond donors (Lipinski definition) is 2. The molecule has 2 N–H and O–H groups in total. The fraction of sp³-hybridized carbons (Fsp3) is 0.429. The summed E-state index contributed by atoms with van der Waals surface area (Å²) in [6.07, 6.45) is 5.32. The number of amides is 2. The van der Waals surface area contributed by atoms with E-state index in [1.54, 1.807) is 36.4 Å². The highest BCUT2D eigenvalue weighted by Gasteiger charge is 2.15. The molecule has 0 spiro atoms. The van der Waals surface area contributed by atoms with Crippen molar-refractivity contribution in [3.05, 3.63) is 54.0 Å². The Hall–Kier alpha value is -2.60. The lowest BCUT2D eigenvalue weighted by Crippen LogP contribution is -2.38. The van der Waals surface area contributed by atoms with Crippen molar-refractivity contribution in [2.75, 3.05) is 31.5 Å². The molecule has 0 bridgehead atoms. The molecule has 1 aromatic heterocycles. The Morgan fingerprint density at radius 3 is 2.67 bits per heavy atom. The van der Waals surface area contributed by atoms with Gasteiger partial charge >= 0.3 is 0 Å². The third-order valence-corrected chi connectivity index (χ3v) is 4.76. The van der Waals surface area contributed by atoms with E-state index in [4.69, 9.17) is 4.42 Å². The first-order valence-corrected chi connectivity index (χ1v) is 9.57. The van der Waals surface area contributed by atoms with Crippen LogP contribution in [0.25, 0.3) is 0 Å². The second kappa shape index (κ2) is 9.37. The minimum absolute atomic E-state index is 0.130. The van der Waals surface area contributed by atoms with Gasteiger partial charge in [-0.05, 0) is 62.2 Å². The smallest absolute Gasteiger partial charge is 0.291 e. The first-order chi connectivity index (χ1) is 13.1. The van der Waals surface area contributed by atoms with Crippen LogP contribution in [-0.4, -0.2) is 42.9 Å². The molecule has 1 aliphatic heterocycles. The molecule has 6 heteroatoms. The largest absolute Gasteiger partial charge is 0.459 e. The van der Waals surface area contributed by atoms with Crippen LogP contribution >= 0.6 is 0 Å². The third-order valence-electron chi connectivity index (χ3n) is 4.76. The van der Waals surface area contributed by atoms with Crippen molar-refractivity contribution in [1.29, 1.82) is 0 Å². The molecule has 27 heavy (non-hydrogen) atoms. The minimum Gasteiger partial charge on any atom is -0.459 e. The number of hydrogen-bond acceptors (Lipinski definition) is 4. The minimum atomic E-state index is -0.340. The summed E-state index contributed by atoms with van der Waals surface area (Å²) in [4.78, 5) is 27.0. The number of rotatable bonds is 7. The zero-order valence-corrected chi connectivity index (χ0v) is 15.7. The van der Waals surface area contributed by atoms with Gasteiger partial charge in [-0.2, -0.15) is 0 Å². The summed E-state index contributed by atoms with van der Waals surface area (Å²) in [6, 6.07) is 10.2. The van der Waals surface area contributed by atoms with Crippen LogP contribution in [0.2, 0.25) is 0 Å². The molecule has 0 radical (unpaired) electrons. The molecule has 1 aliphatic rings. The fourth-order valence-electron chi connectivity index (χ4n) is 3.35. The molecular weight excluding hydrogens is 342 g/mol. The molecular formula is C21H27N3O3. The van der Waals surface area contributed by atoms with Gasteiger partial charge in [0.15, 0.2) is 5.76 Å². The topological polar surface area (TPSA) is 74.6 Å². The maximum atomic E-state index is 12.5. The molecule has 1 atom stereocenters. The van der Waals surface area contributed by atoms with Crippen LogP contribution in [0, 0.1) is 5.92 Å². The molecule has 6 nitrogen and oxygen atoms in total. The third kappa shape index (κ3) is 5.69. The maximum Gasteiger partial charge on any atom is 0.291 e. The van der Waals surface area contributed by atoms with Crippen molar-refractivity contribution in [3.63, 3.8) is 0 Å². The Labute approximate surface area is 159 Å². The summed E-state index contributed by atoms with van der Waals surface area (Å²) < 4.78 is 5.08. The number of carbonyl (C=O) groups is 2. The lowest BCUT2D eigenvalue weighted by atomic mass is 10.1. The molecule has 144 valence electrons. The van der Waals surface area contributed by atoms with Crippen LogP contribution < -0.4 is 10.6 Å². The second-order valence-corrected chi connectivity index (χ2v) is 7.19. The van der Waals surface area contributed by atoms with Gasteiger partial charge in [0.2, 0.25) is 0 Å². The number of likely N-dealkylation sites (tertiary alicyclic amines) is 1. The van der Waals surface area contributed by atoms with Crippen LogP contribution in [0.5, 0.6) is 0 Å². The average molecular weight is 369 g/mol. The zero-order chi connectivity index (χ0) is 19.1. The van der Waals surface area contributed by atoms with Gasteiger partial charge in [0.1, 0.15) is 0 Å². The summed E-state index contributed by atoms with van der Waals surface area (Å²) in [5.41, 5.74) is 1.09. The quantitative estimate of drug-likeness (QED) is 0.785. The fourth-order valence-corrected chi connectivity index (χ4v) is 3.35. The number of anilines is 1. The van der Waals surface area contributed by atoms with E-state index in [0.29, 0.717) is 23.7 Å². The zero-order valence-electron chi connectivity index (χ0n) is 15.7. The van der Waals surface area contributed by atoms with Gasteiger partial charge in [-0.3, -0.25) is 9.59 Å². The highest BCUT2D eigenvalue weighted by Crippen LogP contribution is 2.14. The van der Waals surface area contributed by atoms with E-state index >= 15 is 0 Å². The highest BCUT2D eigenvalue weighted by atomic mass is 16.3. The van der Waals surface area contributed by atoms with Gasteiger partial charge in [0.05, 0.1) is 6.26 Å². The van der Waals surface area contributed by atoms with Crippen molar-refractivity contribution >= 4 is 17.5 Å². The van der Waals surface area contributed by atoms with Crippen molar-refractivity contribution < 1.29 is 14.0 Å². The van der Waals surface area contributed by atoms with Gasteiger partial charge in [-0.15, -0.1) is 0 Å². The number of nitrogens with zero attached hydrogens (tertiary/aromatic N) is 1. The van der Waals surface area contributed by atoms with Gasteiger partial charge in [0, 0.05) is 24.3 Å². The predicted molar refractivity (Wildman–Crippen MR) is 105 cm³/mol. The summed E-state index contributed by atoms with van der Waals surface area (Å²) in [5.74, 6) is 0.160. The van der Waals surface area contributed by atoms with Crippen LogP contribution in [-0.2, 0) is 0 Å². The molecule has 0 saturated carbocycles. The lowest BCUT2D eigenvalue weighted by molar-refractivity contribution is 0.0941. The number of nitrogens with one attached hydrogen (secondary N) is 2. The van der Waals surface area contributed by atoms with Crippen LogP contribution in [0.1, 0.15) is 47.1 Å². The summed E-state index contributed by atoms with van der Waals surface area (Å²) in [5, 5.41) is 5.74. The van der Waals surface area contributed by atoms with Gasteiger partial charge < -0.3 is 20.0 Å². The van der Waals surface area contributed by atoms with E-state index in [1.807, 2.05) is 0 Å². The maximum absolute atomic E-state index is 12.5. The summed E-state index contributed by atoms with van der Waals surface area (Å²) in [7, 11) is 0. The van der Waals surface area contributed by atoms with Crippen LogP contribution in [0.15, 0.2) is 47.1 Å². The van der Waals surface area contributed by atoms with E-state index < -0.39 is 0 Å². The Kier molecular flexibility index (Phi) is 6.65. The molecule has 2 amide bonds. The first-order valence-electron chi connectivity index (χ1n) is 9.57. The second-order valence-electron chi connectivity index (χ2n) is 7.19. The van der Waals surface area contributed by atoms with Crippen LogP contribution in [0.3, 0.4) is 0 Å². The molecule has 1 unspecified atom stereocenters. The first kappa shape index (κ1) is 19.2. The number of carbonyl (C=O) groups excluding carboxylic acids is 2. The van der Waals surface area contributed by atoms with E-state index in [2.05, 4.69) is 22.5 Å². The molecule has 2 heterocycles. The van der Waals surface area contributed by atoms with Gasteiger partial charge in [-0.25, -0.2) is 0 Å². The normalized spacial score (nSPS) is 15.9. The van der Waals surface area contributed by atoms with Gasteiger partial charge in [-0.1, -0.05) is 19.4 Å². The molecule has 1 saturated heterocycles. The van der Waals surface area contributed by atoms with E-state index in [1.165, 1.54) is 25.5 Å². The average Bonchev–Trinajstić information content (AvgIpc) is 3.22. The number of furan rings is 1. The SMILES string of the molecule is CC(CNC(=O)c1cccc(NC(=O)c2ccco2)c1)CN1CCCCC1. The molecule has 2 aromatic rings. The molecule has 0 aliphatic carbocycles. The highest BCUT2D eigenvalue weighted by molar-refractivity contribution is 6.03. The van der Waals surface area contributed by atoms with Crippen molar-refractivity contribution in [2.24, 2.45) is 5.92 Å². The number of benzene rings is 1. The summed E-state index contributed by atoms with van der Waals surface area (Å²) in [6.45, 7) is 6.14. The Morgan fingerprint density at radius 1 is 1.11 bits per heavy atom. The molecule has 3 rings (SSSR count). The number of piperidine rings is 1. The monoisotopic (exact) mass is 369 g/mol. The van der Waals surface area contributed by atoms with E-state index in [9.17, 15) is 9.59 Å². The Bertz CT molecular complexity index is 752. The standard InChI is InChI=1S/C21H27N3O3/c1-16(15-24-10-3-2-4-11-24)14-22-20(25)17-7-5-8-18(13-17)23-21(26)19-9-6-12-27-19/h5-9,12-13,16H,2-4,10-11,14-15H2,1H3,(H,22,25)(H,23,26). The predicted octanol–water partition coefficient (Wildman–Crippen LogP) is 3.38. The molecule has 1 aromatic carbocycles. The van der Waals surface area contributed by atoms with Crippen molar-refractivity contribution in [2.45, 2.75) is 26.2 Å². The Balaban J connectivity index is 1.50. The van der Waals surface area contributed by atoms with Crippen LogP contribution in [0.4, 0.5) is 5.69 Å². The van der Waals surface area contributed by atoms with Crippen molar-refractivity contribution in [1.82, 2.24) is 10.2 Å². The van der Waals surface area contributed by atoms with Gasteiger partial charge in [0.25, 0.3) is 11.8 Å². The van der Waals surface area contributed by atoms with E-state index in [0.717, 1.165) is 19.6 Å².